The van der Waals surface area contributed by atoms with Crippen molar-refractivity contribution in [2.45, 2.75) is 20.0 Å². The van der Waals surface area contributed by atoms with Gasteiger partial charge in [-0.3, -0.25) is 0 Å². The van der Waals surface area contributed by atoms with E-state index in [4.69, 9.17) is 4.74 Å². The molecule has 1 aliphatic carbocycles. The topological polar surface area (TPSA) is 37.2 Å². The van der Waals surface area contributed by atoms with Crippen LogP contribution in [0.2, 0.25) is 0 Å². The van der Waals surface area contributed by atoms with Gasteiger partial charge < -0.3 is 9.64 Å². The van der Waals surface area contributed by atoms with Gasteiger partial charge in [0.15, 0.2) is 0 Å². The first kappa shape index (κ1) is 15.5. The number of rotatable bonds is 3. The van der Waals surface area contributed by atoms with Gasteiger partial charge in [0.2, 0.25) is 0 Å². The standard InChI is InChI=1S/C19H23N3O/c1-13-7-6-8-16-17(13)19(2,3)18(22(16)4)21-20-14-9-11-15(23-5)12-10-14/h6-12,17-18H,1H2,2-5H3. The van der Waals surface area contributed by atoms with Gasteiger partial charge in [-0.2, -0.15) is 10.2 Å². The van der Waals surface area contributed by atoms with E-state index < -0.39 is 0 Å². The van der Waals surface area contributed by atoms with E-state index in [1.165, 1.54) is 5.70 Å². The molecule has 2 aliphatic rings. The second kappa shape index (κ2) is 5.69. The molecule has 1 saturated heterocycles. The lowest BCUT2D eigenvalue weighted by molar-refractivity contribution is 0.202. The molecule has 120 valence electrons. The normalized spacial score (nSPS) is 25.7. The molecule has 0 saturated carbocycles. The van der Waals surface area contributed by atoms with E-state index in [-0.39, 0.29) is 17.5 Å². The van der Waals surface area contributed by atoms with Crippen LogP contribution in [0.1, 0.15) is 13.8 Å². The van der Waals surface area contributed by atoms with Crippen molar-refractivity contribution in [1.82, 2.24) is 4.90 Å². The van der Waals surface area contributed by atoms with Gasteiger partial charge >= 0.3 is 0 Å². The molecule has 1 fully saturated rings. The van der Waals surface area contributed by atoms with E-state index in [0.29, 0.717) is 0 Å². The minimum atomic E-state index is -0.0571. The van der Waals surface area contributed by atoms with Gasteiger partial charge in [-0.05, 0) is 35.9 Å². The van der Waals surface area contributed by atoms with Gasteiger partial charge in [0.1, 0.15) is 11.9 Å². The zero-order chi connectivity index (χ0) is 16.6. The second-order valence-corrected chi connectivity index (χ2v) is 6.68. The Bertz CT molecular complexity index is 698. The third-order valence-corrected chi connectivity index (χ3v) is 4.78. The smallest absolute Gasteiger partial charge is 0.148 e. The average molecular weight is 309 g/mol. The van der Waals surface area contributed by atoms with E-state index in [1.54, 1.807) is 7.11 Å². The van der Waals surface area contributed by atoms with Gasteiger partial charge in [0, 0.05) is 24.1 Å². The van der Waals surface area contributed by atoms with Crippen molar-refractivity contribution < 1.29 is 4.74 Å². The van der Waals surface area contributed by atoms with Crippen molar-refractivity contribution in [2.75, 3.05) is 14.2 Å². The highest BCUT2D eigenvalue weighted by atomic mass is 16.5. The summed E-state index contributed by atoms with van der Waals surface area (Å²) in [5.74, 6) is 1.11. The highest BCUT2D eigenvalue weighted by molar-refractivity contribution is 5.42. The summed E-state index contributed by atoms with van der Waals surface area (Å²) in [5.41, 5.74) is 3.18. The number of likely N-dealkylation sites (tertiary alicyclic amines) is 1. The first-order chi connectivity index (χ1) is 10.9. The molecular weight excluding hydrogens is 286 g/mol. The fraction of sp³-hybridized carbons (Fsp3) is 0.368. The third kappa shape index (κ3) is 2.58. The van der Waals surface area contributed by atoms with E-state index >= 15 is 0 Å². The summed E-state index contributed by atoms with van der Waals surface area (Å²) in [6.45, 7) is 8.68. The first-order valence-corrected chi connectivity index (χ1v) is 7.80. The molecule has 1 aromatic rings. The second-order valence-electron chi connectivity index (χ2n) is 6.68. The number of hydrogen-bond donors (Lipinski definition) is 0. The summed E-state index contributed by atoms with van der Waals surface area (Å²) < 4.78 is 5.17. The maximum atomic E-state index is 5.17. The maximum absolute atomic E-state index is 5.17. The zero-order valence-electron chi connectivity index (χ0n) is 14.2. The molecule has 1 heterocycles. The summed E-state index contributed by atoms with van der Waals surface area (Å²) in [6.07, 6.45) is 6.29. The zero-order valence-corrected chi connectivity index (χ0v) is 14.2. The van der Waals surface area contributed by atoms with Gasteiger partial charge in [-0.1, -0.05) is 32.6 Å². The first-order valence-electron chi connectivity index (χ1n) is 7.80. The fourth-order valence-electron chi connectivity index (χ4n) is 3.62. The van der Waals surface area contributed by atoms with Crippen molar-refractivity contribution in [3.8, 4) is 5.75 Å². The molecule has 1 aliphatic heterocycles. The van der Waals surface area contributed by atoms with Crippen molar-refractivity contribution >= 4 is 5.69 Å². The lowest BCUT2D eigenvalue weighted by Gasteiger charge is -2.30. The molecule has 2 unspecified atom stereocenters. The van der Waals surface area contributed by atoms with Gasteiger partial charge in [0.25, 0.3) is 0 Å². The van der Waals surface area contributed by atoms with E-state index in [2.05, 4.69) is 60.8 Å². The van der Waals surface area contributed by atoms with Gasteiger partial charge in [-0.25, -0.2) is 0 Å². The van der Waals surface area contributed by atoms with Crippen LogP contribution in [0.15, 0.2) is 70.6 Å². The number of azo groups is 1. The molecule has 2 atom stereocenters. The van der Waals surface area contributed by atoms with Crippen LogP contribution in [0.25, 0.3) is 0 Å². The molecular formula is C19H23N3O. The van der Waals surface area contributed by atoms with E-state index in [1.807, 2.05) is 24.3 Å². The Morgan fingerprint density at radius 1 is 1.22 bits per heavy atom. The maximum Gasteiger partial charge on any atom is 0.148 e. The van der Waals surface area contributed by atoms with Gasteiger partial charge in [-0.15, -0.1) is 0 Å². The number of benzene rings is 1. The molecule has 3 rings (SSSR count). The molecule has 0 N–H and O–H groups in total. The summed E-state index contributed by atoms with van der Waals surface area (Å²) >= 11 is 0. The van der Waals surface area contributed by atoms with Crippen molar-refractivity contribution in [3.63, 3.8) is 0 Å². The van der Waals surface area contributed by atoms with E-state index in [0.717, 1.165) is 17.0 Å². The number of hydrogen-bond acceptors (Lipinski definition) is 4. The fourth-order valence-corrected chi connectivity index (χ4v) is 3.62. The highest BCUT2D eigenvalue weighted by Crippen LogP contribution is 2.51. The summed E-state index contributed by atoms with van der Waals surface area (Å²) in [7, 11) is 3.74. The molecule has 4 heteroatoms. The van der Waals surface area contributed by atoms with Crippen LogP contribution in [0.3, 0.4) is 0 Å². The number of nitrogens with zero attached hydrogens (tertiary/aromatic N) is 3. The molecule has 4 nitrogen and oxygen atoms in total. The lowest BCUT2D eigenvalue weighted by atomic mass is 9.73. The number of ether oxygens (including phenoxy) is 1. The third-order valence-electron chi connectivity index (χ3n) is 4.78. The number of fused-ring (bicyclic) bond motifs is 1. The molecule has 0 spiro atoms. The van der Waals surface area contributed by atoms with Crippen LogP contribution in [-0.4, -0.2) is 25.2 Å². The van der Waals surface area contributed by atoms with Crippen LogP contribution in [0, 0.1) is 11.3 Å². The minimum absolute atomic E-state index is 0.0162. The van der Waals surface area contributed by atoms with Crippen molar-refractivity contribution in [1.29, 1.82) is 0 Å². The molecule has 0 bridgehead atoms. The van der Waals surface area contributed by atoms with Crippen LogP contribution < -0.4 is 4.74 Å². The van der Waals surface area contributed by atoms with Crippen molar-refractivity contribution in [3.05, 3.63) is 60.3 Å². The number of allylic oxidation sites excluding steroid dienone is 4. The Hall–Kier alpha value is -2.36. The predicted octanol–water partition coefficient (Wildman–Crippen LogP) is 4.70. The summed E-state index contributed by atoms with van der Waals surface area (Å²) in [6, 6.07) is 7.62. The quantitative estimate of drug-likeness (QED) is 0.759. The molecule has 23 heavy (non-hydrogen) atoms. The minimum Gasteiger partial charge on any atom is -0.497 e. The monoisotopic (exact) mass is 309 g/mol. The van der Waals surface area contributed by atoms with Crippen LogP contribution in [0.5, 0.6) is 5.75 Å². The van der Waals surface area contributed by atoms with Crippen LogP contribution >= 0.6 is 0 Å². The summed E-state index contributed by atoms with van der Waals surface area (Å²) in [4.78, 5) is 2.21. The Kier molecular flexibility index (Phi) is 3.84. The Morgan fingerprint density at radius 2 is 1.91 bits per heavy atom. The SMILES string of the molecule is C=C1C=CC=C2C1C(C)(C)C(N=Nc1ccc(OC)cc1)N2C. The van der Waals surface area contributed by atoms with Crippen molar-refractivity contribution in [2.24, 2.45) is 21.6 Å². The largest absolute Gasteiger partial charge is 0.497 e. The van der Waals surface area contributed by atoms with E-state index in [9.17, 15) is 0 Å². The Labute approximate surface area is 137 Å². The predicted molar refractivity (Wildman–Crippen MR) is 92.7 cm³/mol. The molecule has 0 aromatic heterocycles. The number of methoxy groups -OCH3 is 1. The van der Waals surface area contributed by atoms with Gasteiger partial charge in [0.05, 0.1) is 12.8 Å². The molecule has 0 radical (unpaired) electrons. The Balaban J connectivity index is 1.87. The average Bonchev–Trinajstić information content (AvgIpc) is 2.74. The molecule has 0 amide bonds. The summed E-state index contributed by atoms with van der Waals surface area (Å²) in [5, 5.41) is 9.08. The Morgan fingerprint density at radius 3 is 2.52 bits per heavy atom. The lowest BCUT2D eigenvalue weighted by Crippen LogP contribution is -2.33. The van der Waals surface area contributed by atoms with Crippen LogP contribution in [-0.2, 0) is 0 Å². The van der Waals surface area contributed by atoms with Crippen LogP contribution in [0.4, 0.5) is 5.69 Å². The highest BCUT2D eigenvalue weighted by Gasteiger charge is 2.51. The molecule has 1 aromatic carbocycles.